The van der Waals surface area contributed by atoms with Gasteiger partial charge in [0.1, 0.15) is 41.9 Å². The number of nitrogens with one attached hydrogen (secondary N) is 5. The molecule has 23 heteroatoms. The second kappa shape index (κ2) is 29.8. The second-order valence-electron chi connectivity index (χ2n) is 17.5. The van der Waals surface area contributed by atoms with Crippen LogP contribution in [0.2, 0.25) is 0 Å². The topological polar surface area (TPSA) is 323 Å². The Labute approximate surface area is 412 Å². The molecule has 6 amide bonds. The molecule has 6 unspecified atom stereocenters. The zero-order chi connectivity index (χ0) is 51.7. The number of ether oxygens (including phenoxy) is 2. The third kappa shape index (κ3) is 19.3. The smallest absolute Gasteiger partial charge is 0.328 e. The van der Waals surface area contributed by atoms with Crippen molar-refractivity contribution in [2.75, 3.05) is 26.2 Å². The number of hydrogen-bond donors (Lipinski definition) is 7. The molecule has 2 aliphatic heterocycles. The van der Waals surface area contributed by atoms with Crippen molar-refractivity contribution in [2.45, 2.75) is 147 Å². The van der Waals surface area contributed by atoms with Gasteiger partial charge in [0.25, 0.3) is 5.96 Å². The minimum absolute atomic E-state index is 0.0457. The van der Waals surface area contributed by atoms with Crippen LogP contribution in [-0.4, -0.2) is 136 Å². The zero-order valence-corrected chi connectivity index (χ0v) is 40.4. The molecule has 0 bridgehead atoms. The number of carboxylic acid groups (broad SMARTS) is 1. The number of hydrogen-bond acceptors (Lipinski definition) is 12. The molecule has 6 atom stereocenters. The number of nitro groups is 1. The van der Waals surface area contributed by atoms with E-state index in [1.54, 1.807) is 31.2 Å². The largest absolute Gasteiger partial charge is 0.481 e. The maximum Gasteiger partial charge on any atom is 0.328 e. The molecule has 2 heterocycles. The number of unbranched alkanes of at least 4 members (excludes halogenated alkanes) is 2. The average molecular weight is 993 g/mol. The van der Waals surface area contributed by atoms with Crippen molar-refractivity contribution < 1.29 is 58.0 Å². The van der Waals surface area contributed by atoms with E-state index in [1.165, 1.54) is 9.80 Å². The molecule has 2 saturated heterocycles. The molecule has 4 rings (SSSR count). The van der Waals surface area contributed by atoms with Crippen molar-refractivity contribution in [1.82, 2.24) is 36.4 Å². The predicted octanol–water partition coefficient (Wildman–Crippen LogP) is 1.60. The Morgan fingerprint density at radius 1 is 0.789 bits per heavy atom. The molecule has 0 saturated carbocycles. The van der Waals surface area contributed by atoms with E-state index in [2.05, 4.69) is 31.7 Å². The monoisotopic (exact) mass is 992 g/mol. The molecule has 388 valence electrons. The number of rotatable bonds is 29. The number of benzene rings is 2. The van der Waals surface area contributed by atoms with Gasteiger partial charge in [0.15, 0.2) is 5.03 Å². The third-order valence-electron chi connectivity index (χ3n) is 12.0. The van der Waals surface area contributed by atoms with Crippen LogP contribution in [0.4, 0.5) is 0 Å². The minimum Gasteiger partial charge on any atom is -0.481 e. The summed E-state index contributed by atoms with van der Waals surface area (Å²) in [5.74, 6) is -5.81. The van der Waals surface area contributed by atoms with Gasteiger partial charge in [-0.1, -0.05) is 86.8 Å². The summed E-state index contributed by atoms with van der Waals surface area (Å²) in [6.45, 7) is 3.56. The predicted molar refractivity (Wildman–Crippen MR) is 257 cm³/mol. The summed E-state index contributed by atoms with van der Waals surface area (Å²) in [5, 5.41) is 34.8. The van der Waals surface area contributed by atoms with Crippen LogP contribution >= 0.6 is 0 Å². The molecule has 23 nitrogen and oxygen atoms in total. The molecule has 2 aromatic rings. The molecular weight excluding hydrogens is 925 g/mol. The van der Waals surface area contributed by atoms with Crippen molar-refractivity contribution in [3.63, 3.8) is 0 Å². The second-order valence-corrected chi connectivity index (χ2v) is 17.5. The Balaban J connectivity index is 1.48. The number of carbonyl (C=O) groups is 8. The maximum absolute atomic E-state index is 14.6. The van der Waals surface area contributed by atoms with Gasteiger partial charge < -0.3 is 56.7 Å². The molecule has 0 aliphatic carbocycles. The lowest BCUT2D eigenvalue weighted by Gasteiger charge is -2.34. The Kier molecular flexibility index (Phi) is 23.7. The van der Waals surface area contributed by atoms with E-state index in [0.717, 1.165) is 18.4 Å². The van der Waals surface area contributed by atoms with Gasteiger partial charge in [0.05, 0.1) is 19.3 Å². The zero-order valence-electron chi connectivity index (χ0n) is 40.4. The number of guanidine groups is 1. The highest BCUT2D eigenvalue weighted by Crippen LogP contribution is 2.27. The van der Waals surface area contributed by atoms with Crippen LogP contribution in [0, 0.1) is 10.1 Å². The summed E-state index contributed by atoms with van der Waals surface area (Å²) >= 11 is 0. The van der Waals surface area contributed by atoms with Crippen molar-refractivity contribution in [3.05, 3.63) is 81.9 Å². The number of carbonyl (C=O) groups excluding carboxylic acids is 7. The normalized spacial score (nSPS) is 17.2. The summed E-state index contributed by atoms with van der Waals surface area (Å²) in [6, 6.07) is 12.5. The van der Waals surface area contributed by atoms with Crippen molar-refractivity contribution in [2.24, 2.45) is 10.8 Å². The summed E-state index contributed by atoms with van der Waals surface area (Å²) < 4.78 is 11.6. The Morgan fingerprint density at radius 2 is 1.42 bits per heavy atom. The molecule has 2 aliphatic rings. The summed E-state index contributed by atoms with van der Waals surface area (Å²) in [7, 11) is 0. The van der Waals surface area contributed by atoms with Gasteiger partial charge in [-0.15, -0.1) is 0 Å². The fraction of sp³-hybridized carbons (Fsp3) is 0.562. The Bertz CT molecular complexity index is 2150. The molecule has 8 N–H and O–H groups in total. The summed E-state index contributed by atoms with van der Waals surface area (Å²) in [6.07, 6.45) is 2.85. The van der Waals surface area contributed by atoms with Gasteiger partial charge in [-0.05, 0) is 69.4 Å². The Hall–Kier alpha value is -7.17. The molecule has 0 radical (unpaired) electrons. The maximum atomic E-state index is 14.6. The third-order valence-corrected chi connectivity index (χ3v) is 12.0. The molecule has 71 heavy (non-hydrogen) atoms. The highest BCUT2D eigenvalue weighted by atomic mass is 16.7. The van der Waals surface area contributed by atoms with Crippen LogP contribution in [0.15, 0.2) is 65.8 Å². The standard InChI is InChI=1S/C48H68N10O13/c1-3-4-7-20-35(52-44(64)42(32(2)70-30-33-16-8-5-9-17-33)54-40(60)29-51-39(59)24-12-25-41(61)62)45(65)57-28-15-23-38(57)46(66)56-27-14-22-37(56)43(63)53-36(21-13-26-50-48(49)55-58(68)69)47(67)71-31-34-18-10-6-11-19-34/h5-6,8-11,16-19,32,35-38,42H,3-4,7,12-15,20-31H2,1-2H3,(H,51,59)(H,52,64)(H,53,63)(H,54,60)(H,61,62)(H3,49,50,55). The number of esters is 1. The molecular formula is C48H68N10O13. The quantitative estimate of drug-likeness (QED) is 0.0152. The Morgan fingerprint density at radius 3 is 2.07 bits per heavy atom. The van der Waals surface area contributed by atoms with Crippen LogP contribution in [-0.2, 0) is 61.0 Å². The molecule has 2 fully saturated rings. The van der Waals surface area contributed by atoms with E-state index < -0.39 is 101 Å². The van der Waals surface area contributed by atoms with Gasteiger partial charge in [0, 0.05) is 32.5 Å². The van der Waals surface area contributed by atoms with Gasteiger partial charge in [-0.2, -0.15) is 0 Å². The molecule has 2 aromatic carbocycles. The lowest BCUT2D eigenvalue weighted by molar-refractivity contribution is -0.485. The number of aliphatic carboxylic acids is 1. The average Bonchev–Trinajstić information content (AvgIpc) is 4.06. The number of carboxylic acids is 1. The van der Waals surface area contributed by atoms with Crippen molar-refractivity contribution >= 4 is 53.3 Å². The summed E-state index contributed by atoms with van der Waals surface area (Å²) in [4.78, 5) is 121. The first-order valence-corrected chi connectivity index (χ1v) is 24.2. The van der Waals surface area contributed by atoms with Crippen LogP contribution in [0.5, 0.6) is 0 Å². The number of nitrogens with zero attached hydrogens (tertiary/aromatic N) is 4. The fourth-order valence-electron chi connectivity index (χ4n) is 8.28. The van der Waals surface area contributed by atoms with Crippen LogP contribution in [0.3, 0.4) is 0 Å². The lowest BCUT2D eigenvalue weighted by atomic mass is 10.0. The van der Waals surface area contributed by atoms with Crippen molar-refractivity contribution in [3.8, 4) is 0 Å². The van der Waals surface area contributed by atoms with Crippen LogP contribution in [0.1, 0.15) is 108 Å². The number of nitrogens with two attached hydrogens (primary N) is 1. The summed E-state index contributed by atoms with van der Waals surface area (Å²) in [5.41, 5.74) is 7.04. The number of hydrazone groups is 1. The van der Waals surface area contributed by atoms with Crippen LogP contribution < -0.4 is 32.3 Å². The molecule has 0 aromatic heterocycles. The van der Waals surface area contributed by atoms with Gasteiger partial charge in [0.2, 0.25) is 35.4 Å². The fourth-order valence-corrected chi connectivity index (χ4v) is 8.28. The van der Waals surface area contributed by atoms with Crippen LogP contribution in [0.25, 0.3) is 0 Å². The van der Waals surface area contributed by atoms with E-state index in [0.29, 0.717) is 31.2 Å². The van der Waals surface area contributed by atoms with Crippen molar-refractivity contribution in [1.29, 1.82) is 0 Å². The van der Waals surface area contributed by atoms with Gasteiger partial charge in [-0.3, -0.25) is 33.6 Å². The first-order chi connectivity index (χ1) is 34.1. The number of likely N-dealkylation sites (tertiary alicyclic amines) is 2. The number of amides is 6. The van der Waals surface area contributed by atoms with Gasteiger partial charge >= 0.3 is 11.9 Å². The molecule has 0 spiro atoms. The SMILES string of the molecule is CCCCCC(NC(=O)C(NC(=O)CNC(=O)CCCC(=O)O)C(C)OCc1ccccc1)C(=O)N1CCCC1C(=O)N1CCCC1C(=O)NC(CCCN/C(N)=N/[N+](=O)[O-])C(=O)OCc1ccccc1. The van der Waals surface area contributed by atoms with Gasteiger partial charge in [-0.25, -0.2) is 14.9 Å². The van der Waals surface area contributed by atoms with E-state index in [9.17, 15) is 48.5 Å². The van der Waals surface area contributed by atoms with E-state index in [1.807, 2.05) is 43.3 Å². The first-order valence-electron chi connectivity index (χ1n) is 24.2. The first kappa shape index (κ1) is 56.4. The van der Waals surface area contributed by atoms with E-state index >= 15 is 0 Å². The van der Waals surface area contributed by atoms with E-state index in [4.69, 9.17) is 20.3 Å². The highest BCUT2D eigenvalue weighted by molar-refractivity contribution is 5.97. The minimum atomic E-state index is -1.34. The van der Waals surface area contributed by atoms with E-state index in [-0.39, 0.29) is 77.8 Å². The highest BCUT2D eigenvalue weighted by Gasteiger charge is 2.44. The lowest BCUT2D eigenvalue weighted by Crippen LogP contribution is -2.60.